The van der Waals surface area contributed by atoms with Crippen molar-refractivity contribution in [2.45, 2.75) is 0 Å². The molecule has 0 aliphatic rings. The maximum atomic E-state index is 11.4. The lowest BCUT2D eigenvalue weighted by molar-refractivity contribution is 0.173. The summed E-state index contributed by atoms with van der Waals surface area (Å²) in [6.07, 6.45) is -0.391. The van der Waals surface area contributed by atoms with Gasteiger partial charge in [-0.25, -0.2) is 9.36 Å². The molecule has 0 atom stereocenters. The topological polar surface area (TPSA) is 31.2 Å². The van der Waals surface area contributed by atoms with Gasteiger partial charge in [0.1, 0.15) is 0 Å². The van der Waals surface area contributed by atoms with E-state index in [1.165, 1.54) is 11.7 Å². The summed E-state index contributed by atoms with van der Waals surface area (Å²) in [6.45, 7) is 0. The molecule has 0 saturated heterocycles. The number of nitrogens with zero attached hydrogens (tertiary/aromatic N) is 1. The fourth-order valence-electron chi connectivity index (χ4n) is 1.40. The maximum absolute atomic E-state index is 11.4. The normalized spacial score (nSPS) is 10.4. The first kappa shape index (κ1) is 9.27. The first-order valence-electron chi connectivity index (χ1n) is 4.08. The Morgan fingerprint density at radius 3 is 2.86 bits per heavy atom. The molecule has 1 heterocycles. The van der Waals surface area contributed by atoms with Crippen LogP contribution >= 0.6 is 15.9 Å². The minimum absolute atomic E-state index is 0.391. The van der Waals surface area contributed by atoms with Crippen LogP contribution in [0.2, 0.25) is 0 Å². The molecule has 0 aliphatic heterocycles. The Morgan fingerprint density at radius 2 is 2.14 bits per heavy atom. The number of ether oxygens (including phenoxy) is 1. The van der Waals surface area contributed by atoms with Crippen LogP contribution in [0.4, 0.5) is 4.79 Å². The van der Waals surface area contributed by atoms with Gasteiger partial charge >= 0.3 is 6.09 Å². The maximum Gasteiger partial charge on any atom is 0.419 e. The summed E-state index contributed by atoms with van der Waals surface area (Å²) >= 11 is 3.31. The first-order valence-corrected chi connectivity index (χ1v) is 4.87. The third kappa shape index (κ3) is 1.32. The summed E-state index contributed by atoms with van der Waals surface area (Å²) in [6, 6.07) is 9.51. The van der Waals surface area contributed by atoms with Gasteiger partial charge in [0, 0.05) is 5.39 Å². The summed E-state index contributed by atoms with van der Waals surface area (Å²) in [5.41, 5.74) is 0.839. The van der Waals surface area contributed by atoms with Crippen LogP contribution in [0.25, 0.3) is 10.9 Å². The average Bonchev–Trinajstić information content (AvgIpc) is 2.53. The highest BCUT2D eigenvalue weighted by atomic mass is 79.9. The summed E-state index contributed by atoms with van der Waals surface area (Å²) in [7, 11) is 1.36. The van der Waals surface area contributed by atoms with Crippen LogP contribution in [0.15, 0.2) is 34.9 Å². The second kappa shape index (κ2) is 3.46. The van der Waals surface area contributed by atoms with Gasteiger partial charge in [-0.1, -0.05) is 18.2 Å². The average molecular weight is 254 g/mol. The van der Waals surface area contributed by atoms with Crippen molar-refractivity contribution in [2.24, 2.45) is 0 Å². The van der Waals surface area contributed by atoms with Crippen LogP contribution in [-0.4, -0.2) is 17.8 Å². The number of halogens is 1. The molecule has 1 aromatic heterocycles. The van der Waals surface area contributed by atoms with Crippen LogP contribution in [-0.2, 0) is 4.74 Å². The van der Waals surface area contributed by atoms with Crippen molar-refractivity contribution in [3.05, 3.63) is 34.9 Å². The van der Waals surface area contributed by atoms with E-state index in [1.807, 2.05) is 30.3 Å². The molecule has 0 saturated carbocycles. The minimum atomic E-state index is -0.391. The van der Waals surface area contributed by atoms with Gasteiger partial charge in [0.25, 0.3) is 0 Å². The molecule has 72 valence electrons. The number of methoxy groups -OCH3 is 1. The smallest absolute Gasteiger partial charge is 0.419 e. The van der Waals surface area contributed by atoms with Crippen LogP contribution in [0.1, 0.15) is 0 Å². The van der Waals surface area contributed by atoms with Crippen LogP contribution < -0.4 is 0 Å². The zero-order chi connectivity index (χ0) is 10.1. The summed E-state index contributed by atoms with van der Waals surface area (Å²) < 4.78 is 6.86. The third-order valence-electron chi connectivity index (χ3n) is 2.02. The Labute approximate surface area is 89.4 Å². The Morgan fingerprint density at radius 1 is 1.43 bits per heavy atom. The molecule has 2 rings (SSSR count). The zero-order valence-electron chi connectivity index (χ0n) is 7.53. The Hall–Kier alpha value is -1.29. The molecule has 2 aromatic rings. The molecule has 0 radical (unpaired) electrons. The van der Waals surface area contributed by atoms with Crippen molar-refractivity contribution >= 4 is 32.9 Å². The molecule has 14 heavy (non-hydrogen) atoms. The molecule has 0 spiro atoms. The molecule has 0 N–H and O–H groups in total. The highest BCUT2D eigenvalue weighted by molar-refractivity contribution is 9.10. The third-order valence-corrected chi connectivity index (χ3v) is 2.61. The van der Waals surface area contributed by atoms with Gasteiger partial charge in [-0.2, -0.15) is 0 Å². The van der Waals surface area contributed by atoms with Crippen molar-refractivity contribution in [1.82, 2.24) is 4.57 Å². The number of carbonyl (C=O) groups excluding carboxylic acids is 1. The number of carbonyl (C=O) groups is 1. The summed E-state index contributed by atoms with van der Waals surface area (Å²) in [5.74, 6) is 0. The van der Waals surface area contributed by atoms with Gasteiger partial charge in [0.05, 0.1) is 17.2 Å². The van der Waals surface area contributed by atoms with E-state index in [9.17, 15) is 4.79 Å². The van der Waals surface area contributed by atoms with Crippen molar-refractivity contribution in [3.8, 4) is 0 Å². The van der Waals surface area contributed by atoms with Gasteiger partial charge in [-0.15, -0.1) is 0 Å². The second-order valence-corrected chi connectivity index (χ2v) is 3.64. The quantitative estimate of drug-likeness (QED) is 0.723. The van der Waals surface area contributed by atoms with Crippen molar-refractivity contribution in [3.63, 3.8) is 0 Å². The lowest BCUT2D eigenvalue weighted by Gasteiger charge is -2.02. The van der Waals surface area contributed by atoms with E-state index >= 15 is 0 Å². The van der Waals surface area contributed by atoms with E-state index in [-0.39, 0.29) is 0 Å². The lowest BCUT2D eigenvalue weighted by atomic mass is 10.2. The van der Waals surface area contributed by atoms with Crippen molar-refractivity contribution < 1.29 is 9.53 Å². The number of rotatable bonds is 0. The van der Waals surface area contributed by atoms with E-state index in [1.54, 1.807) is 0 Å². The summed E-state index contributed by atoms with van der Waals surface area (Å²) in [5, 5.41) is 1.00. The van der Waals surface area contributed by atoms with Crippen LogP contribution in [0, 0.1) is 0 Å². The predicted molar refractivity (Wildman–Crippen MR) is 57.4 cm³/mol. The predicted octanol–water partition coefficient (Wildman–Crippen LogP) is 3.02. The van der Waals surface area contributed by atoms with Crippen LogP contribution in [0.3, 0.4) is 0 Å². The van der Waals surface area contributed by atoms with Gasteiger partial charge in [0.15, 0.2) is 0 Å². The number of aromatic nitrogens is 1. The second-order valence-electron chi connectivity index (χ2n) is 2.83. The Balaban J connectivity index is 2.74. The van der Waals surface area contributed by atoms with Gasteiger partial charge < -0.3 is 4.74 Å². The number of hydrogen-bond donors (Lipinski definition) is 0. The van der Waals surface area contributed by atoms with Crippen LogP contribution in [0.5, 0.6) is 0 Å². The highest BCUT2D eigenvalue weighted by Crippen LogP contribution is 2.23. The zero-order valence-corrected chi connectivity index (χ0v) is 9.11. The molecule has 1 aromatic carbocycles. The standard InChI is InChI=1S/C10H8BrNO2/c1-14-10(13)12-8-5-3-2-4-7(8)6-9(12)11/h2-6H,1H3. The molecule has 0 aliphatic carbocycles. The molecule has 0 fully saturated rings. The number of fused-ring (bicyclic) bond motifs is 1. The monoisotopic (exact) mass is 253 g/mol. The van der Waals surface area contributed by atoms with E-state index in [4.69, 9.17) is 0 Å². The molecular formula is C10H8BrNO2. The van der Waals surface area contributed by atoms with E-state index < -0.39 is 6.09 Å². The number of benzene rings is 1. The Bertz CT molecular complexity index is 490. The molecule has 3 nitrogen and oxygen atoms in total. The first-order chi connectivity index (χ1) is 6.74. The largest absolute Gasteiger partial charge is 0.452 e. The molecule has 0 unspecified atom stereocenters. The molecule has 0 amide bonds. The van der Waals surface area contributed by atoms with Gasteiger partial charge in [-0.3, -0.25) is 0 Å². The van der Waals surface area contributed by atoms with Gasteiger partial charge in [0.2, 0.25) is 0 Å². The van der Waals surface area contributed by atoms with E-state index in [2.05, 4.69) is 20.7 Å². The van der Waals surface area contributed by atoms with Crippen molar-refractivity contribution in [1.29, 1.82) is 0 Å². The Kier molecular flexibility index (Phi) is 2.29. The lowest BCUT2D eigenvalue weighted by Crippen LogP contribution is -2.10. The molecule has 0 bridgehead atoms. The molecule has 4 heteroatoms. The van der Waals surface area contributed by atoms with Crippen molar-refractivity contribution in [2.75, 3.05) is 7.11 Å². The fourth-order valence-corrected chi connectivity index (χ4v) is 1.98. The highest BCUT2D eigenvalue weighted by Gasteiger charge is 2.12. The molecular weight excluding hydrogens is 246 g/mol. The number of hydrogen-bond acceptors (Lipinski definition) is 2. The van der Waals surface area contributed by atoms with E-state index in [0.29, 0.717) is 4.60 Å². The van der Waals surface area contributed by atoms with E-state index in [0.717, 1.165) is 10.9 Å². The van der Waals surface area contributed by atoms with Gasteiger partial charge in [-0.05, 0) is 28.1 Å². The minimum Gasteiger partial charge on any atom is -0.452 e. The fraction of sp³-hybridized carbons (Fsp3) is 0.100. The SMILES string of the molecule is COC(=O)n1c(Br)cc2ccccc21. The number of para-hydroxylation sites is 1. The summed E-state index contributed by atoms with van der Waals surface area (Å²) in [4.78, 5) is 11.4.